The summed E-state index contributed by atoms with van der Waals surface area (Å²) in [5, 5.41) is 0.133. The summed E-state index contributed by atoms with van der Waals surface area (Å²) in [6.07, 6.45) is 1.71. The zero-order chi connectivity index (χ0) is 15.8. The number of carbonyl (C=O) groups is 2. The maximum absolute atomic E-state index is 12.2. The standard InChI is InChI=1S/C16H28N2O2S/c1-10-6-16(3,4)13(15(10)17)8-18-7-12(5-14(18)20)9-21-11(2)19/h10,12-13,15H,5-9,17H2,1-4H3. The molecule has 1 saturated heterocycles. The number of carbonyl (C=O) groups excluding carboxylic acids is 2. The molecule has 0 bridgehead atoms. The van der Waals surface area contributed by atoms with Gasteiger partial charge in [0, 0.05) is 38.2 Å². The van der Waals surface area contributed by atoms with E-state index in [-0.39, 0.29) is 22.5 Å². The SMILES string of the molecule is CC(=O)SCC1CC(=O)N(CC2C(N)C(C)CC2(C)C)C1. The zero-order valence-electron chi connectivity index (χ0n) is 13.6. The quantitative estimate of drug-likeness (QED) is 0.864. The van der Waals surface area contributed by atoms with Gasteiger partial charge in [-0.2, -0.15) is 0 Å². The van der Waals surface area contributed by atoms with Crippen LogP contribution in [-0.4, -0.2) is 40.8 Å². The molecule has 0 aromatic carbocycles. The van der Waals surface area contributed by atoms with E-state index in [0.717, 1.165) is 25.3 Å². The highest BCUT2D eigenvalue weighted by Crippen LogP contribution is 2.45. The Morgan fingerprint density at radius 3 is 2.67 bits per heavy atom. The Morgan fingerprint density at radius 2 is 2.14 bits per heavy atom. The van der Waals surface area contributed by atoms with Crippen molar-refractivity contribution in [2.75, 3.05) is 18.8 Å². The van der Waals surface area contributed by atoms with Gasteiger partial charge < -0.3 is 10.6 Å². The average molecular weight is 312 g/mol. The van der Waals surface area contributed by atoms with Gasteiger partial charge in [0.25, 0.3) is 0 Å². The van der Waals surface area contributed by atoms with Crippen LogP contribution in [0.25, 0.3) is 0 Å². The molecule has 2 fully saturated rings. The number of amides is 1. The molecule has 0 aromatic heterocycles. The number of rotatable bonds is 4. The Bertz CT molecular complexity index is 425. The normalized spacial score (nSPS) is 35.5. The van der Waals surface area contributed by atoms with Crippen LogP contribution < -0.4 is 5.73 Å². The van der Waals surface area contributed by atoms with Gasteiger partial charge in [0.1, 0.15) is 0 Å². The van der Waals surface area contributed by atoms with Gasteiger partial charge in [-0.3, -0.25) is 9.59 Å². The first-order chi connectivity index (χ1) is 9.70. The average Bonchev–Trinajstić information content (AvgIpc) is 2.80. The summed E-state index contributed by atoms with van der Waals surface area (Å²) in [4.78, 5) is 25.2. The summed E-state index contributed by atoms with van der Waals surface area (Å²) in [7, 11) is 0. The first kappa shape index (κ1) is 16.8. The minimum Gasteiger partial charge on any atom is -0.342 e. The van der Waals surface area contributed by atoms with Crippen molar-refractivity contribution in [1.29, 1.82) is 0 Å². The second-order valence-corrected chi connectivity index (χ2v) is 8.72. The lowest BCUT2D eigenvalue weighted by Gasteiger charge is -2.33. The summed E-state index contributed by atoms with van der Waals surface area (Å²) < 4.78 is 0. The Labute approximate surface area is 132 Å². The Balaban J connectivity index is 1.94. The van der Waals surface area contributed by atoms with E-state index in [2.05, 4.69) is 20.8 Å². The maximum Gasteiger partial charge on any atom is 0.222 e. The molecule has 5 heteroatoms. The number of thioether (sulfide) groups is 1. The second kappa shape index (κ2) is 6.29. The van der Waals surface area contributed by atoms with Gasteiger partial charge >= 0.3 is 0 Å². The molecule has 120 valence electrons. The molecule has 21 heavy (non-hydrogen) atoms. The minimum atomic E-state index is 0.133. The van der Waals surface area contributed by atoms with Crippen molar-refractivity contribution >= 4 is 22.8 Å². The van der Waals surface area contributed by atoms with Crippen LogP contribution in [0.1, 0.15) is 40.5 Å². The molecule has 0 aromatic rings. The van der Waals surface area contributed by atoms with Crippen LogP contribution in [0.4, 0.5) is 0 Å². The largest absolute Gasteiger partial charge is 0.342 e. The van der Waals surface area contributed by atoms with Gasteiger partial charge in [-0.05, 0) is 29.6 Å². The van der Waals surface area contributed by atoms with Crippen molar-refractivity contribution in [3.8, 4) is 0 Å². The minimum absolute atomic E-state index is 0.133. The first-order valence-electron chi connectivity index (χ1n) is 7.87. The van der Waals surface area contributed by atoms with Crippen molar-refractivity contribution < 1.29 is 9.59 Å². The molecule has 1 heterocycles. The number of hydrogen-bond donors (Lipinski definition) is 1. The monoisotopic (exact) mass is 312 g/mol. The smallest absolute Gasteiger partial charge is 0.222 e. The molecule has 2 rings (SSSR count). The Hall–Kier alpha value is -0.550. The molecule has 1 saturated carbocycles. The molecule has 0 radical (unpaired) electrons. The molecule has 4 nitrogen and oxygen atoms in total. The molecule has 4 unspecified atom stereocenters. The zero-order valence-corrected chi connectivity index (χ0v) is 14.4. The van der Waals surface area contributed by atoms with E-state index in [4.69, 9.17) is 5.73 Å². The summed E-state index contributed by atoms with van der Waals surface area (Å²) in [6.45, 7) is 9.89. The van der Waals surface area contributed by atoms with E-state index >= 15 is 0 Å². The first-order valence-corrected chi connectivity index (χ1v) is 8.86. The predicted molar refractivity (Wildman–Crippen MR) is 86.9 cm³/mol. The van der Waals surface area contributed by atoms with E-state index in [1.165, 1.54) is 11.8 Å². The molecule has 4 atom stereocenters. The van der Waals surface area contributed by atoms with Crippen molar-refractivity contribution in [2.45, 2.75) is 46.6 Å². The number of likely N-dealkylation sites (tertiary alicyclic amines) is 1. The van der Waals surface area contributed by atoms with Gasteiger partial charge in [-0.15, -0.1) is 0 Å². The molecule has 1 aliphatic heterocycles. The van der Waals surface area contributed by atoms with Crippen molar-refractivity contribution in [2.24, 2.45) is 28.9 Å². The second-order valence-electron chi connectivity index (χ2n) is 7.53. The highest BCUT2D eigenvalue weighted by molar-refractivity contribution is 8.13. The number of hydrogen-bond acceptors (Lipinski definition) is 4. The van der Waals surface area contributed by atoms with Crippen LogP contribution in [0.3, 0.4) is 0 Å². The van der Waals surface area contributed by atoms with Gasteiger partial charge in [-0.1, -0.05) is 32.5 Å². The van der Waals surface area contributed by atoms with Crippen molar-refractivity contribution in [3.63, 3.8) is 0 Å². The maximum atomic E-state index is 12.2. The molecular formula is C16H28N2O2S. The summed E-state index contributed by atoms with van der Waals surface area (Å²) >= 11 is 1.33. The highest BCUT2D eigenvalue weighted by atomic mass is 32.2. The van der Waals surface area contributed by atoms with Crippen LogP contribution in [0, 0.1) is 23.2 Å². The number of nitrogens with two attached hydrogens (primary N) is 1. The molecular weight excluding hydrogens is 284 g/mol. The fourth-order valence-electron chi connectivity index (χ4n) is 4.02. The van der Waals surface area contributed by atoms with E-state index in [1.807, 2.05) is 4.90 Å². The molecule has 1 aliphatic carbocycles. The lowest BCUT2D eigenvalue weighted by atomic mass is 9.80. The highest BCUT2D eigenvalue weighted by Gasteiger charge is 2.46. The van der Waals surface area contributed by atoms with E-state index < -0.39 is 0 Å². The van der Waals surface area contributed by atoms with Crippen LogP contribution in [0.2, 0.25) is 0 Å². The predicted octanol–water partition coefficient (Wildman–Crippen LogP) is 2.12. The van der Waals surface area contributed by atoms with Crippen LogP contribution >= 0.6 is 11.8 Å². The van der Waals surface area contributed by atoms with Crippen molar-refractivity contribution in [1.82, 2.24) is 4.90 Å². The van der Waals surface area contributed by atoms with E-state index in [9.17, 15) is 9.59 Å². The van der Waals surface area contributed by atoms with Gasteiger partial charge in [0.05, 0.1) is 0 Å². The lowest BCUT2D eigenvalue weighted by Crippen LogP contribution is -2.43. The number of nitrogens with zero attached hydrogens (tertiary/aromatic N) is 1. The lowest BCUT2D eigenvalue weighted by molar-refractivity contribution is -0.128. The topological polar surface area (TPSA) is 63.4 Å². The van der Waals surface area contributed by atoms with Gasteiger partial charge in [0.2, 0.25) is 5.91 Å². The molecule has 2 aliphatic rings. The van der Waals surface area contributed by atoms with Gasteiger partial charge in [0.15, 0.2) is 5.12 Å². The van der Waals surface area contributed by atoms with Crippen LogP contribution in [-0.2, 0) is 9.59 Å². The summed E-state index contributed by atoms with van der Waals surface area (Å²) in [6, 6.07) is 0.179. The molecule has 0 spiro atoms. The Morgan fingerprint density at radius 1 is 1.48 bits per heavy atom. The third kappa shape index (κ3) is 3.81. The van der Waals surface area contributed by atoms with E-state index in [0.29, 0.717) is 24.2 Å². The summed E-state index contributed by atoms with van der Waals surface area (Å²) in [5.41, 5.74) is 6.57. The molecule has 1 amide bonds. The fourth-order valence-corrected chi connectivity index (χ4v) is 4.71. The fraction of sp³-hybridized carbons (Fsp3) is 0.875. The van der Waals surface area contributed by atoms with Crippen LogP contribution in [0.5, 0.6) is 0 Å². The Kier molecular flexibility index (Phi) is 5.03. The van der Waals surface area contributed by atoms with Gasteiger partial charge in [-0.25, -0.2) is 0 Å². The van der Waals surface area contributed by atoms with E-state index in [1.54, 1.807) is 6.92 Å². The molecule has 2 N–H and O–H groups in total. The summed E-state index contributed by atoms with van der Waals surface area (Å²) in [5.74, 6) is 2.19. The third-order valence-corrected chi connectivity index (χ3v) is 6.25. The van der Waals surface area contributed by atoms with Crippen molar-refractivity contribution in [3.05, 3.63) is 0 Å². The third-order valence-electron chi connectivity index (χ3n) is 5.21. The van der Waals surface area contributed by atoms with Crippen LogP contribution in [0.15, 0.2) is 0 Å².